The van der Waals surface area contributed by atoms with Gasteiger partial charge in [-0.25, -0.2) is 0 Å². The number of nitrogens with zero attached hydrogens (tertiary/aromatic N) is 1. The molecule has 2 amide bonds. The molecule has 1 saturated heterocycles. The summed E-state index contributed by atoms with van der Waals surface area (Å²) in [5.74, 6) is 1.94. The molecule has 48 heavy (non-hydrogen) atoms. The standard InChI is InChI=1S/C38H41N3O7/c1-22(42)40-29-15-12-23-19-34(46-3)37(47-4)38(48-5)36(23)27-13-16-30(32(43)20-28(27)29)39-21-35(44)41-18-8-11-31(41)25-14-17-33(45-2)26-10-7-6-9-24(25)26/h6-7,9-10,13-14,16-17,19-20,29,31H,8,11-12,15,18,21H2,1-5H3,(H,39,43)(H,40,42)/t29-,31+/m0/s1. The molecule has 0 radical (unpaired) electrons. The van der Waals surface area contributed by atoms with Crippen LogP contribution >= 0.6 is 0 Å². The molecule has 1 aliphatic carbocycles. The van der Waals surface area contributed by atoms with Gasteiger partial charge >= 0.3 is 0 Å². The Bertz CT molecular complexity index is 1940. The second kappa shape index (κ2) is 13.9. The van der Waals surface area contributed by atoms with Gasteiger partial charge in [0, 0.05) is 24.4 Å². The van der Waals surface area contributed by atoms with Crippen molar-refractivity contribution in [2.45, 2.75) is 44.7 Å². The van der Waals surface area contributed by atoms with Crippen LogP contribution in [0.5, 0.6) is 23.0 Å². The minimum atomic E-state index is -0.425. The van der Waals surface area contributed by atoms with Gasteiger partial charge in [-0.2, -0.15) is 0 Å². The number of carbonyl (C=O) groups excluding carboxylic acids is 2. The van der Waals surface area contributed by atoms with E-state index in [4.69, 9.17) is 18.9 Å². The Balaban J connectivity index is 1.34. The summed E-state index contributed by atoms with van der Waals surface area (Å²) in [6.07, 6.45) is 2.89. The summed E-state index contributed by atoms with van der Waals surface area (Å²) in [6.45, 7) is 2.05. The normalized spacial score (nSPS) is 16.7. The smallest absolute Gasteiger partial charge is 0.242 e. The van der Waals surface area contributed by atoms with Crippen molar-refractivity contribution in [1.29, 1.82) is 0 Å². The van der Waals surface area contributed by atoms with Crippen molar-refractivity contribution in [3.05, 3.63) is 87.6 Å². The Labute approximate surface area is 279 Å². The predicted molar refractivity (Wildman–Crippen MR) is 185 cm³/mol. The first-order valence-corrected chi connectivity index (χ1v) is 16.2. The van der Waals surface area contributed by atoms with E-state index in [0.717, 1.165) is 51.6 Å². The Kier molecular flexibility index (Phi) is 9.43. The molecular weight excluding hydrogens is 610 g/mol. The number of amides is 2. The fraction of sp³-hybridized carbons (Fsp3) is 0.342. The summed E-state index contributed by atoms with van der Waals surface area (Å²) in [4.78, 5) is 41.7. The van der Waals surface area contributed by atoms with E-state index in [9.17, 15) is 14.4 Å². The molecule has 250 valence electrons. The van der Waals surface area contributed by atoms with Crippen molar-refractivity contribution >= 4 is 28.3 Å². The van der Waals surface area contributed by atoms with Gasteiger partial charge in [-0.05, 0) is 77.6 Å². The molecule has 2 aliphatic rings. The van der Waals surface area contributed by atoms with Gasteiger partial charge < -0.3 is 34.5 Å². The van der Waals surface area contributed by atoms with E-state index in [1.54, 1.807) is 40.6 Å². The molecule has 10 nitrogen and oxygen atoms in total. The topological polar surface area (TPSA) is 115 Å². The fourth-order valence-corrected chi connectivity index (χ4v) is 7.28. The van der Waals surface area contributed by atoms with E-state index in [1.165, 1.54) is 6.92 Å². The molecule has 10 heteroatoms. The van der Waals surface area contributed by atoms with E-state index in [1.807, 2.05) is 47.4 Å². The first-order chi connectivity index (χ1) is 23.3. The van der Waals surface area contributed by atoms with Crippen LogP contribution in [0.4, 0.5) is 5.69 Å². The maximum atomic E-state index is 13.8. The van der Waals surface area contributed by atoms with E-state index < -0.39 is 6.04 Å². The van der Waals surface area contributed by atoms with Gasteiger partial charge in [0.15, 0.2) is 11.5 Å². The number of anilines is 1. The van der Waals surface area contributed by atoms with E-state index in [0.29, 0.717) is 42.2 Å². The second-order valence-electron chi connectivity index (χ2n) is 12.1. The van der Waals surface area contributed by atoms with Crippen molar-refractivity contribution in [2.75, 3.05) is 46.8 Å². The summed E-state index contributed by atoms with van der Waals surface area (Å²) in [5.41, 5.74) is 4.16. The number of aryl methyl sites for hydroxylation is 1. The third kappa shape index (κ3) is 5.98. The lowest BCUT2D eigenvalue weighted by Crippen LogP contribution is -2.35. The molecule has 1 aliphatic heterocycles. The lowest BCUT2D eigenvalue weighted by atomic mass is 9.95. The highest BCUT2D eigenvalue weighted by Gasteiger charge is 2.32. The van der Waals surface area contributed by atoms with Crippen molar-refractivity contribution in [3.8, 4) is 34.1 Å². The fourth-order valence-electron chi connectivity index (χ4n) is 7.28. The number of ether oxygens (including phenoxy) is 4. The van der Waals surface area contributed by atoms with Crippen LogP contribution < -0.4 is 35.0 Å². The molecular formula is C38H41N3O7. The zero-order valence-corrected chi connectivity index (χ0v) is 28.0. The monoisotopic (exact) mass is 651 g/mol. The van der Waals surface area contributed by atoms with Crippen LogP contribution in [0.3, 0.4) is 0 Å². The number of carbonyl (C=O) groups is 2. The maximum Gasteiger partial charge on any atom is 0.242 e. The minimum Gasteiger partial charge on any atom is -0.496 e. The second-order valence-corrected chi connectivity index (χ2v) is 12.1. The summed E-state index contributed by atoms with van der Waals surface area (Å²) in [6, 6.07) is 18.6. The lowest BCUT2D eigenvalue weighted by molar-refractivity contribution is -0.130. The average Bonchev–Trinajstić information content (AvgIpc) is 3.47. The van der Waals surface area contributed by atoms with Crippen molar-refractivity contribution < 1.29 is 28.5 Å². The van der Waals surface area contributed by atoms with Crippen molar-refractivity contribution in [1.82, 2.24) is 10.2 Å². The van der Waals surface area contributed by atoms with Crippen LogP contribution in [0.2, 0.25) is 0 Å². The van der Waals surface area contributed by atoms with Crippen molar-refractivity contribution in [2.24, 2.45) is 0 Å². The Hall–Kier alpha value is -5.25. The van der Waals surface area contributed by atoms with Gasteiger partial charge in [-0.15, -0.1) is 0 Å². The molecule has 2 N–H and O–H groups in total. The van der Waals surface area contributed by atoms with E-state index >= 15 is 0 Å². The summed E-state index contributed by atoms with van der Waals surface area (Å²) in [5, 5.41) is 8.23. The van der Waals surface area contributed by atoms with Gasteiger partial charge in [0.1, 0.15) is 5.75 Å². The highest BCUT2D eigenvalue weighted by Crippen LogP contribution is 2.50. The number of methoxy groups -OCH3 is 4. The molecule has 0 unspecified atom stereocenters. The lowest BCUT2D eigenvalue weighted by Gasteiger charge is -2.27. The average molecular weight is 652 g/mol. The maximum absolute atomic E-state index is 13.8. The number of benzene rings is 3. The van der Waals surface area contributed by atoms with Crippen LogP contribution in [0.25, 0.3) is 21.9 Å². The summed E-state index contributed by atoms with van der Waals surface area (Å²) < 4.78 is 22.8. The highest BCUT2D eigenvalue weighted by molar-refractivity contribution is 5.92. The largest absolute Gasteiger partial charge is 0.496 e. The molecule has 4 aromatic rings. The Morgan fingerprint density at radius 1 is 0.833 bits per heavy atom. The number of rotatable bonds is 9. The van der Waals surface area contributed by atoms with Gasteiger partial charge in [-0.3, -0.25) is 14.4 Å². The van der Waals surface area contributed by atoms with Gasteiger partial charge in [0.05, 0.1) is 52.8 Å². The summed E-state index contributed by atoms with van der Waals surface area (Å²) in [7, 11) is 6.34. The van der Waals surface area contributed by atoms with E-state index in [2.05, 4.69) is 16.7 Å². The molecule has 0 aromatic heterocycles. The number of likely N-dealkylation sites (tertiary alicyclic amines) is 1. The van der Waals surface area contributed by atoms with Crippen LogP contribution in [0.1, 0.15) is 55.0 Å². The molecule has 0 saturated carbocycles. The molecule has 1 heterocycles. The third-order valence-electron chi connectivity index (χ3n) is 9.42. The van der Waals surface area contributed by atoms with Crippen LogP contribution in [-0.2, 0) is 16.0 Å². The molecule has 0 spiro atoms. The zero-order chi connectivity index (χ0) is 33.9. The van der Waals surface area contributed by atoms with Gasteiger partial charge in [-0.1, -0.05) is 36.4 Å². The van der Waals surface area contributed by atoms with Gasteiger partial charge in [0.25, 0.3) is 0 Å². The zero-order valence-electron chi connectivity index (χ0n) is 28.0. The van der Waals surface area contributed by atoms with Crippen LogP contribution in [-0.4, -0.2) is 58.2 Å². The number of hydrogen-bond acceptors (Lipinski definition) is 8. The molecule has 2 atom stereocenters. The molecule has 1 fully saturated rings. The van der Waals surface area contributed by atoms with E-state index in [-0.39, 0.29) is 35.5 Å². The molecule has 4 aromatic carbocycles. The first kappa shape index (κ1) is 32.7. The minimum absolute atomic E-state index is 0.0471. The molecule has 0 bridgehead atoms. The predicted octanol–water partition coefficient (Wildman–Crippen LogP) is 5.80. The SMILES string of the molecule is COc1cc2c(c(OC)c1OC)-c1ccc(NCC(=O)N3CCC[C@@H]3c3ccc(OC)c4ccccc34)c(=O)cc1[C@@H](NC(C)=O)CC2. The first-order valence-electron chi connectivity index (χ1n) is 16.2. The molecule has 6 rings (SSSR count). The Morgan fingerprint density at radius 2 is 1.58 bits per heavy atom. The quantitative estimate of drug-likeness (QED) is 0.233. The van der Waals surface area contributed by atoms with Crippen LogP contribution in [0.15, 0.2) is 65.5 Å². The number of hydrogen-bond donors (Lipinski definition) is 2. The highest BCUT2D eigenvalue weighted by atomic mass is 16.5. The number of nitrogens with one attached hydrogen (secondary N) is 2. The van der Waals surface area contributed by atoms with Crippen molar-refractivity contribution in [3.63, 3.8) is 0 Å². The van der Waals surface area contributed by atoms with Crippen LogP contribution in [0, 0.1) is 0 Å². The van der Waals surface area contributed by atoms with Gasteiger partial charge in [0.2, 0.25) is 23.0 Å². The Morgan fingerprint density at radius 3 is 2.29 bits per heavy atom. The third-order valence-corrected chi connectivity index (χ3v) is 9.42. The summed E-state index contributed by atoms with van der Waals surface area (Å²) >= 11 is 0. The number of fused-ring (bicyclic) bond motifs is 4.